The molecular weight excluding hydrogens is 282 g/mol. The molecule has 2 fully saturated rings. The van der Waals surface area contributed by atoms with Gasteiger partial charge in [0.1, 0.15) is 6.04 Å². The zero-order chi connectivity index (χ0) is 14.4. The van der Waals surface area contributed by atoms with Gasteiger partial charge in [0.25, 0.3) is 0 Å². The van der Waals surface area contributed by atoms with Crippen LogP contribution in [0, 0.1) is 17.8 Å². The van der Waals surface area contributed by atoms with E-state index < -0.39 is 0 Å². The maximum Gasteiger partial charge on any atom is 0.245 e. The highest BCUT2D eigenvalue weighted by atomic mass is 32.1. The Morgan fingerprint density at radius 3 is 3.24 bits per heavy atom. The van der Waals surface area contributed by atoms with Crippen LogP contribution in [0.15, 0.2) is 5.51 Å². The van der Waals surface area contributed by atoms with E-state index >= 15 is 0 Å². The zero-order valence-electron chi connectivity index (χ0n) is 12.5. The molecule has 5 heteroatoms. The number of carbonyl (C=O) groups excluding carboxylic acids is 1. The highest BCUT2D eigenvalue weighted by Gasteiger charge is 2.46. The topological polar surface area (TPSA) is 45.2 Å². The van der Waals surface area contributed by atoms with Gasteiger partial charge in [0.2, 0.25) is 5.91 Å². The van der Waals surface area contributed by atoms with Gasteiger partial charge >= 0.3 is 0 Å². The van der Waals surface area contributed by atoms with Crippen LogP contribution >= 0.6 is 11.3 Å². The minimum atomic E-state index is -0.186. The fourth-order valence-electron chi connectivity index (χ4n) is 4.33. The Hall–Kier alpha value is -0.940. The molecule has 1 aliphatic heterocycles. The molecule has 1 aromatic rings. The number of aromatic nitrogens is 1. The van der Waals surface area contributed by atoms with Gasteiger partial charge in [0.05, 0.1) is 16.1 Å². The smallest absolute Gasteiger partial charge is 0.245 e. The first-order valence-electron chi connectivity index (χ1n) is 8.16. The van der Waals surface area contributed by atoms with Gasteiger partial charge in [0, 0.05) is 19.5 Å². The minimum absolute atomic E-state index is 0.186. The van der Waals surface area contributed by atoms with Crippen molar-refractivity contribution in [2.75, 3.05) is 20.1 Å². The van der Waals surface area contributed by atoms with Crippen molar-refractivity contribution in [1.82, 2.24) is 15.2 Å². The molecular formula is C16H23N3OS. The molecule has 1 aromatic heterocycles. The zero-order valence-corrected chi connectivity index (χ0v) is 13.4. The van der Waals surface area contributed by atoms with Crippen molar-refractivity contribution in [3.63, 3.8) is 0 Å². The van der Waals surface area contributed by atoms with Gasteiger partial charge in [-0.25, -0.2) is 4.98 Å². The number of nitrogens with one attached hydrogen (secondary N) is 1. The highest BCUT2D eigenvalue weighted by molar-refractivity contribution is 7.10. The summed E-state index contributed by atoms with van der Waals surface area (Å²) in [5.41, 5.74) is 2.98. The average Bonchev–Trinajstić information content (AvgIpc) is 3.18. The Morgan fingerprint density at radius 1 is 1.48 bits per heavy atom. The Bertz CT molecular complexity index is 543. The first kappa shape index (κ1) is 13.7. The second kappa shape index (κ2) is 5.36. The normalized spacial score (nSPS) is 35.1. The third-order valence-electron chi connectivity index (χ3n) is 5.59. The standard InChI is InChI=1S/C16H23N3OS/c1-17-14-15-13(18-9-21-15)5-6-19(16(14)20)8-11-4-2-3-10-7-12(10)11/h9-12,14,17H,2-8H2,1H3. The number of thiazole rings is 1. The van der Waals surface area contributed by atoms with E-state index in [9.17, 15) is 4.79 Å². The van der Waals surface area contributed by atoms with Gasteiger partial charge in [0.15, 0.2) is 0 Å². The minimum Gasteiger partial charge on any atom is -0.340 e. The molecule has 0 aromatic carbocycles. The van der Waals surface area contributed by atoms with Gasteiger partial charge in [-0.15, -0.1) is 11.3 Å². The lowest BCUT2D eigenvalue weighted by Crippen LogP contribution is -2.42. The Kier molecular flexibility index (Phi) is 3.50. The van der Waals surface area contributed by atoms with E-state index in [2.05, 4.69) is 15.2 Å². The van der Waals surface area contributed by atoms with E-state index in [0.717, 1.165) is 47.8 Å². The third-order valence-corrected chi connectivity index (χ3v) is 6.52. The summed E-state index contributed by atoms with van der Waals surface area (Å²) >= 11 is 1.61. The number of hydrogen-bond donors (Lipinski definition) is 1. The lowest BCUT2D eigenvalue weighted by atomic mass is 9.88. The van der Waals surface area contributed by atoms with Crippen molar-refractivity contribution in [3.05, 3.63) is 16.1 Å². The summed E-state index contributed by atoms with van der Waals surface area (Å²) in [6, 6.07) is -0.186. The van der Waals surface area contributed by atoms with Crippen molar-refractivity contribution in [2.24, 2.45) is 17.8 Å². The van der Waals surface area contributed by atoms with Gasteiger partial charge in [-0.3, -0.25) is 4.79 Å². The van der Waals surface area contributed by atoms with Crippen molar-refractivity contribution in [2.45, 2.75) is 38.1 Å². The summed E-state index contributed by atoms with van der Waals surface area (Å²) in [6.07, 6.45) is 6.42. The molecule has 1 N–H and O–H groups in total. The maximum absolute atomic E-state index is 12.9. The second-order valence-electron chi connectivity index (χ2n) is 6.77. The maximum atomic E-state index is 12.9. The summed E-state index contributed by atoms with van der Waals surface area (Å²) in [5, 5.41) is 3.20. The number of fused-ring (bicyclic) bond motifs is 2. The van der Waals surface area contributed by atoms with Crippen LogP contribution in [-0.4, -0.2) is 35.9 Å². The van der Waals surface area contributed by atoms with Crippen LogP contribution in [0.2, 0.25) is 0 Å². The van der Waals surface area contributed by atoms with E-state index in [1.807, 2.05) is 12.6 Å². The SMILES string of the molecule is CNC1C(=O)N(CC2CCCC3CC32)CCc2ncsc21. The van der Waals surface area contributed by atoms with E-state index in [1.165, 1.54) is 25.7 Å². The monoisotopic (exact) mass is 305 g/mol. The van der Waals surface area contributed by atoms with Gasteiger partial charge < -0.3 is 10.2 Å². The van der Waals surface area contributed by atoms with Crippen LogP contribution in [0.25, 0.3) is 0 Å². The summed E-state index contributed by atoms with van der Waals surface area (Å²) in [5.74, 6) is 2.89. The van der Waals surface area contributed by atoms with Crippen molar-refractivity contribution >= 4 is 17.2 Å². The van der Waals surface area contributed by atoms with Gasteiger partial charge in [-0.05, 0) is 37.6 Å². The van der Waals surface area contributed by atoms with E-state index in [-0.39, 0.29) is 11.9 Å². The lowest BCUT2D eigenvalue weighted by molar-refractivity contribution is -0.134. The van der Waals surface area contributed by atoms with Crippen LogP contribution in [-0.2, 0) is 11.2 Å². The summed E-state index contributed by atoms with van der Waals surface area (Å²) in [7, 11) is 1.88. The predicted molar refractivity (Wildman–Crippen MR) is 83.1 cm³/mol. The molecule has 2 saturated carbocycles. The number of hydrogen-bond acceptors (Lipinski definition) is 4. The van der Waals surface area contributed by atoms with E-state index in [0.29, 0.717) is 0 Å². The van der Waals surface area contributed by atoms with Gasteiger partial charge in [-0.2, -0.15) is 0 Å². The molecule has 4 unspecified atom stereocenters. The second-order valence-corrected chi connectivity index (χ2v) is 7.66. The van der Waals surface area contributed by atoms with Crippen LogP contribution in [0.1, 0.15) is 42.3 Å². The number of likely N-dealkylation sites (N-methyl/N-ethyl adjacent to an activating group) is 1. The number of rotatable bonds is 3. The van der Waals surface area contributed by atoms with Crippen molar-refractivity contribution < 1.29 is 4.79 Å². The average molecular weight is 305 g/mol. The van der Waals surface area contributed by atoms with Crippen molar-refractivity contribution in [3.8, 4) is 0 Å². The number of amides is 1. The van der Waals surface area contributed by atoms with Crippen LogP contribution < -0.4 is 5.32 Å². The first-order valence-corrected chi connectivity index (χ1v) is 9.04. The number of nitrogens with zero attached hydrogens (tertiary/aromatic N) is 2. The quantitative estimate of drug-likeness (QED) is 0.931. The molecule has 1 amide bonds. The molecule has 114 valence electrons. The largest absolute Gasteiger partial charge is 0.340 e. The summed E-state index contributed by atoms with van der Waals surface area (Å²) in [6.45, 7) is 1.80. The third kappa shape index (κ3) is 2.40. The Morgan fingerprint density at radius 2 is 2.38 bits per heavy atom. The molecule has 4 atom stereocenters. The number of carbonyl (C=O) groups is 1. The van der Waals surface area contributed by atoms with E-state index in [1.54, 1.807) is 11.3 Å². The molecule has 4 nitrogen and oxygen atoms in total. The molecule has 3 aliphatic rings. The van der Waals surface area contributed by atoms with Gasteiger partial charge in [-0.1, -0.05) is 12.8 Å². The molecule has 2 aliphatic carbocycles. The molecule has 4 rings (SSSR count). The fourth-order valence-corrected chi connectivity index (χ4v) is 5.27. The molecule has 0 spiro atoms. The Balaban J connectivity index is 1.51. The molecule has 21 heavy (non-hydrogen) atoms. The summed E-state index contributed by atoms with van der Waals surface area (Å²) < 4.78 is 0. The summed E-state index contributed by atoms with van der Waals surface area (Å²) in [4.78, 5) is 20.6. The van der Waals surface area contributed by atoms with E-state index in [4.69, 9.17) is 0 Å². The Labute approximate surface area is 129 Å². The predicted octanol–water partition coefficient (Wildman–Crippen LogP) is 2.22. The van der Waals surface area contributed by atoms with Crippen LogP contribution in [0.4, 0.5) is 0 Å². The molecule has 2 heterocycles. The first-order chi connectivity index (χ1) is 10.3. The lowest BCUT2D eigenvalue weighted by Gasteiger charge is -2.30. The fraction of sp³-hybridized carbons (Fsp3) is 0.750. The van der Waals surface area contributed by atoms with Crippen LogP contribution in [0.5, 0.6) is 0 Å². The highest BCUT2D eigenvalue weighted by Crippen LogP contribution is 2.53. The van der Waals surface area contributed by atoms with Crippen molar-refractivity contribution in [1.29, 1.82) is 0 Å². The molecule has 0 bridgehead atoms. The molecule has 0 saturated heterocycles. The molecule has 0 radical (unpaired) electrons. The van der Waals surface area contributed by atoms with Crippen LogP contribution in [0.3, 0.4) is 0 Å².